The number of oxazole rings is 1. The highest BCUT2D eigenvalue weighted by Gasteiger charge is 2.41. The lowest BCUT2D eigenvalue weighted by atomic mass is 10.1. The van der Waals surface area contributed by atoms with Crippen LogP contribution >= 0.6 is 0 Å². The van der Waals surface area contributed by atoms with Crippen LogP contribution in [0.2, 0.25) is 0 Å². The Hall–Kier alpha value is -4.86. The molecule has 162 valence electrons. The Morgan fingerprint density at radius 1 is 1.00 bits per heavy atom. The number of carbonyl (C=O) groups excluding carboxylic acids is 3. The van der Waals surface area contributed by atoms with Crippen LogP contribution in [0, 0.1) is 10.1 Å². The SMILES string of the molecule is O=C(CN1C(=O)c2cccc([N+](=O)[O-])c2C1=O)Nc1ccc(-c2nc3ccccc3o2)cc1. The number of nitrogens with zero attached hydrogens (tertiary/aromatic N) is 3. The van der Waals surface area contributed by atoms with Gasteiger partial charge < -0.3 is 9.73 Å². The number of aromatic nitrogens is 1. The highest BCUT2D eigenvalue weighted by molar-refractivity contribution is 6.24. The zero-order valence-corrected chi connectivity index (χ0v) is 16.8. The second-order valence-electron chi connectivity index (χ2n) is 7.27. The monoisotopic (exact) mass is 442 g/mol. The molecule has 0 radical (unpaired) electrons. The van der Waals surface area contributed by atoms with Crippen LogP contribution in [0.25, 0.3) is 22.6 Å². The molecule has 2 heterocycles. The molecule has 0 bridgehead atoms. The average Bonchev–Trinajstić information content (AvgIpc) is 3.35. The van der Waals surface area contributed by atoms with Gasteiger partial charge in [-0.1, -0.05) is 18.2 Å². The fraction of sp³-hybridized carbons (Fsp3) is 0.0435. The number of carbonyl (C=O) groups is 3. The standard InChI is InChI=1S/C23H14N4O6/c28-19(12-26-22(29)15-4-3-6-17(27(31)32)20(15)23(26)30)24-14-10-8-13(9-11-14)21-25-16-5-1-2-7-18(16)33-21/h1-11H,12H2,(H,24,28). The first-order chi connectivity index (χ1) is 15.9. The lowest BCUT2D eigenvalue weighted by molar-refractivity contribution is -0.385. The summed E-state index contributed by atoms with van der Waals surface area (Å²) < 4.78 is 5.72. The van der Waals surface area contributed by atoms with Gasteiger partial charge in [-0.2, -0.15) is 0 Å². The van der Waals surface area contributed by atoms with Gasteiger partial charge in [0.05, 0.1) is 10.5 Å². The van der Waals surface area contributed by atoms with Gasteiger partial charge in [-0.15, -0.1) is 0 Å². The summed E-state index contributed by atoms with van der Waals surface area (Å²) in [7, 11) is 0. The molecule has 0 atom stereocenters. The van der Waals surface area contributed by atoms with E-state index in [0.717, 1.165) is 11.6 Å². The van der Waals surface area contributed by atoms with Gasteiger partial charge in [0.2, 0.25) is 11.8 Å². The van der Waals surface area contributed by atoms with Crippen LogP contribution < -0.4 is 5.32 Å². The van der Waals surface area contributed by atoms with Crippen molar-refractivity contribution in [1.82, 2.24) is 9.88 Å². The summed E-state index contributed by atoms with van der Waals surface area (Å²) in [6.07, 6.45) is 0. The molecule has 0 saturated carbocycles. The zero-order valence-electron chi connectivity index (χ0n) is 16.8. The molecule has 10 heteroatoms. The predicted octanol–water partition coefficient (Wildman–Crippen LogP) is 3.64. The largest absolute Gasteiger partial charge is 0.436 e. The summed E-state index contributed by atoms with van der Waals surface area (Å²) in [6, 6.07) is 17.9. The first kappa shape index (κ1) is 20.1. The maximum atomic E-state index is 12.6. The maximum absolute atomic E-state index is 12.6. The number of anilines is 1. The molecular formula is C23H14N4O6. The van der Waals surface area contributed by atoms with Crippen molar-refractivity contribution in [3.8, 4) is 11.5 Å². The Kier molecular flexibility index (Phi) is 4.67. The highest BCUT2D eigenvalue weighted by atomic mass is 16.6. The summed E-state index contributed by atoms with van der Waals surface area (Å²) in [5.41, 5.74) is 1.66. The van der Waals surface area contributed by atoms with Crippen molar-refractivity contribution in [2.75, 3.05) is 11.9 Å². The Morgan fingerprint density at radius 3 is 2.48 bits per heavy atom. The lowest BCUT2D eigenvalue weighted by Crippen LogP contribution is -2.37. The van der Waals surface area contributed by atoms with Crippen molar-refractivity contribution >= 4 is 40.2 Å². The summed E-state index contributed by atoms with van der Waals surface area (Å²) in [6.45, 7) is -0.573. The van der Waals surface area contributed by atoms with E-state index in [-0.39, 0.29) is 11.1 Å². The van der Waals surface area contributed by atoms with E-state index in [4.69, 9.17) is 4.42 Å². The minimum atomic E-state index is -0.872. The Morgan fingerprint density at radius 2 is 1.76 bits per heavy atom. The first-order valence-corrected chi connectivity index (χ1v) is 9.82. The van der Waals surface area contributed by atoms with Gasteiger partial charge in [-0.05, 0) is 42.5 Å². The van der Waals surface area contributed by atoms with Crippen molar-refractivity contribution in [3.63, 3.8) is 0 Å². The average molecular weight is 442 g/mol. The molecule has 10 nitrogen and oxygen atoms in total. The molecular weight excluding hydrogens is 428 g/mol. The number of imide groups is 1. The normalized spacial score (nSPS) is 12.8. The fourth-order valence-electron chi connectivity index (χ4n) is 3.65. The summed E-state index contributed by atoms with van der Waals surface area (Å²) in [4.78, 5) is 53.2. The third-order valence-corrected chi connectivity index (χ3v) is 5.18. The molecule has 3 amide bonds. The molecule has 1 aliphatic rings. The molecule has 0 spiro atoms. The van der Waals surface area contributed by atoms with E-state index >= 15 is 0 Å². The third-order valence-electron chi connectivity index (χ3n) is 5.18. The van der Waals surface area contributed by atoms with Crippen molar-refractivity contribution in [2.45, 2.75) is 0 Å². The number of hydrogen-bond donors (Lipinski definition) is 1. The molecule has 4 aromatic rings. The molecule has 1 aromatic heterocycles. The lowest BCUT2D eigenvalue weighted by Gasteiger charge is -2.13. The number of fused-ring (bicyclic) bond motifs is 2. The van der Waals surface area contributed by atoms with Gasteiger partial charge in [0.1, 0.15) is 17.6 Å². The van der Waals surface area contributed by atoms with Crippen LogP contribution in [0.15, 0.2) is 71.1 Å². The first-order valence-electron chi connectivity index (χ1n) is 9.82. The van der Waals surface area contributed by atoms with E-state index in [0.29, 0.717) is 27.6 Å². The number of amides is 3. The van der Waals surface area contributed by atoms with Crippen LogP contribution in [0.1, 0.15) is 20.7 Å². The number of benzene rings is 3. The smallest absolute Gasteiger partial charge is 0.282 e. The number of nitrogens with one attached hydrogen (secondary N) is 1. The minimum Gasteiger partial charge on any atom is -0.436 e. The highest BCUT2D eigenvalue weighted by Crippen LogP contribution is 2.30. The van der Waals surface area contributed by atoms with E-state index in [1.54, 1.807) is 24.3 Å². The second-order valence-corrected chi connectivity index (χ2v) is 7.27. The molecule has 0 fully saturated rings. The number of nitro groups is 1. The van der Waals surface area contributed by atoms with E-state index in [2.05, 4.69) is 10.3 Å². The summed E-state index contributed by atoms with van der Waals surface area (Å²) >= 11 is 0. The van der Waals surface area contributed by atoms with Crippen LogP contribution in [-0.4, -0.2) is 39.1 Å². The Balaban J connectivity index is 1.29. The molecule has 1 aliphatic heterocycles. The summed E-state index contributed by atoms with van der Waals surface area (Å²) in [5.74, 6) is -1.81. The molecule has 0 aliphatic carbocycles. The fourth-order valence-corrected chi connectivity index (χ4v) is 3.65. The summed E-state index contributed by atoms with van der Waals surface area (Å²) in [5, 5.41) is 13.8. The maximum Gasteiger partial charge on any atom is 0.282 e. The van der Waals surface area contributed by atoms with Gasteiger partial charge in [0, 0.05) is 17.3 Å². The molecule has 33 heavy (non-hydrogen) atoms. The van der Waals surface area contributed by atoms with Crippen LogP contribution in [0.4, 0.5) is 11.4 Å². The van der Waals surface area contributed by atoms with Crippen LogP contribution in [-0.2, 0) is 4.79 Å². The third kappa shape index (κ3) is 3.49. The van der Waals surface area contributed by atoms with Gasteiger partial charge in [0.25, 0.3) is 17.5 Å². The predicted molar refractivity (Wildman–Crippen MR) is 117 cm³/mol. The van der Waals surface area contributed by atoms with Gasteiger partial charge in [-0.25, -0.2) is 4.98 Å². The van der Waals surface area contributed by atoms with E-state index < -0.39 is 34.9 Å². The van der Waals surface area contributed by atoms with Crippen molar-refractivity contribution in [2.24, 2.45) is 0 Å². The molecule has 5 rings (SSSR count). The van der Waals surface area contributed by atoms with Crippen LogP contribution in [0.5, 0.6) is 0 Å². The number of nitro benzene ring substituents is 1. The minimum absolute atomic E-state index is 0.0929. The quantitative estimate of drug-likeness (QED) is 0.283. The molecule has 3 aromatic carbocycles. The van der Waals surface area contributed by atoms with Gasteiger partial charge in [-0.3, -0.25) is 29.4 Å². The van der Waals surface area contributed by atoms with E-state index in [1.807, 2.05) is 24.3 Å². The molecule has 0 saturated heterocycles. The second kappa shape index (κ2) is 7.68. The molecule has 0 unspecified atom stereocenters. The zero-order chi connectivity index (χ0) is 23.1. The van der Waals surface area contributed by atoms with Crippen molar-refractivity contribution < 1.29 is 23.7 Å². The van der Waals surface area contributed by atoms with Gasteiger partial charge >= 0.3 is 0 Å². The van der Waals surface area contributed by atoms with Crippen LogP contribution in [0.3, 0.4) is 0 Å². The number of hydrogen-bond acceptors (Lipinski definition) is 7. The van der Waals surface area contributed by atoms with E-state index in [9.17, 15) is 24.5 Å². The number of rotatable bonds is 5. The van der Waals surface area contributed by atoms with Crippen molar-refractivity contribution in [3.05, 3.63) is 88.0 Å². The Bertz CT molecular complexity index is 1420. The Labute approximate surface area is 185 Å². The number of para-hydroxylation sites is 2. The molecule has 1 N–H and O–H groups in total. The topological polar surface area (TPSA) is 136 Å². The van der Waals surface area contributed by atoms with Crippen molar-refractivity contribution in [1.29, 1.82) is 0 Å². The van der Waals surface area contributed by atoms with Gasteiger partial charge in [0.15, 0.2) is 5.58 Å². The van der Waals surface area contributed by atoms with E-state index in [1.165, 1.54) is 12.1 Å².